The average molecular weight is 220 g/mol. The highest BCUT2D eigenvalue weighted by Crippen LogP contribution is 2.16. The van der Waals surface area contributed by atoms with Gasteiger partial charge in [-0.05, 0) is 19.0 Å². The lowest BCUT2D eigenvalue weighted by atomic mass is 10.3. The molecule has 1 heterocycles. The van der Waals surface area contributed by atoms with E-state index >= 15 is 0 Å². The summed E-state index contributed by atoms with van der Waals surface area (Å²) in [5, 5.41) is 0. The van der Waals surface area contributed by atoms with Crippen molar-refractivity contribution < 1.29 is 18.3 Å². The Balaban J connectivity index is 2.01. The minimum Gasteiger partial charge on any atom is -0.398 e. The van der Waals surface area contributed by atoms with Gasteiger partial charge in [-0.15, -0.1) is 0 Å². The van der Waals surface area contributed by atoms with Gasteiger partial charge in [0.05, 0.1) is 6.61 Å². The lowest BCUT2D eigenvalue weighted by molar-refractivity contribution is -0.214. The van der Waals surface area contributed by atoms with Crippen LogP contribution in [0.3, 0.4) is 0 Å². The first-order valence-corrected chi connectivity index (χ1v) is 7.56. The van der Waals surface area contributed by atoms with Gasteiger partial charge in [0.25, 0.3) is 0 Å². The van der Waals surface area contributed by atoms with Gasteiger partial charge in [0.2, 0.25) is 0 Å². The maximum atomic E-state index is 5.45. The van der Waals surface area contributed by atoms with Crippen LogP contribution in [0.5, 0.6) is 0 Å². The van der Waals surface area contributed by atoms with Crippen LogP contribution in [-0.4, -0.2) is 42.3 Å². The minimum absolute atomic E-state index is 0.0491. The van der Waals surface area contributed by atoms with Crippen molar-refractivity contribution in [1.29, 1.82) is 0 Å². The third kappa shape index (κ3) is 3.66. The standard InChI is InChI=1S/C9H20O4Si/c1-10-14(3,11-2)8-4-6-12-9-5-7-13-9/h9H,4-8H2,1-3H3. The Hall–Kier alpha value is 0.0569. The highest BCUT2D eigenvalue weighted by molar-refractivity contribution is 6.65. The molecule has 1 aliphatic heterocycles. The highest BCUT2D eigenvalue weighted by atomic mass is 28.4. The molecule has 0 aromatic heterocycles. The predicted molar refractivity (Wildman–Crippen MR) is 55.4 cm³/mol. The van der Waals surface area contributed by atoms with E-state index in [9.17, 15) is 0 Å². The van der Waals surface area contributed by atoms with Crippen LogP contribution in [0.1, 0.15) is 12.8 Å². The van der Waals surface area contributed by atoms with Gasteiger partial charge in [0.1, 0.15) is 0 Å². The minimum atomic E-state index is -1.88. The summed E-state index contributed by atoms with van der Waals surface area (Å²) in [6.07, 6.45) is 2.06. The van der Waals surface area contributed by atoms with Gasteiger partial charge in [0.15, 0.2) is 6.29 Å². The van der Waals surface area contributed by atoms with E-state index in [0.29, 0.717) is 0 Å². The third-order valence-corrected chi connectivity index (χ3v) is 5.59. The van der Waals surface area contributed by atoms with Crippen molar-refractivity contribution in [1.82, 2.24) is 0 Å². The van der Waals surface area contributed by atoms with Crippen molar-refractivity contribution in [3.63, 3.8) is 0 Å². The molecule has 0 aliphatic carbocycles. The fraction of sp³-hybridized carbons (Fsp3) is 1.00. The van der Waals surface area contributed by atoms with Crippen molar-refractivity contribution in [2.75, 3.05) is 27.4 Å². The summed E-state index contributed by atoms with van der Waals surface area (Å²) in [6, 6.07) is 0.965. The van der Waals surface area contributed by atoms with Crippen LogP contribution in [0.4, 0.5) is 0 Å². The van der Waals surface area contributed by atoms with Crippen molar-refractivity contribution in [3.8, 4) is 0 Å². The summed E-state index contributed by atoms with van der Waals surface area (Å²) in [7, 11) is 1.55. The van der Waals surface area contributed by atoms with Crippen molar-refractivity contribution in [3.05, 3.63) is 0 Å². The van der Waals surface area contributed by atoms with Crippen LogP contribution < -0.4 is 0 Å². The molecule has 0 radical (unpaired) electrons. The van der Waals surface area contributed by atoms with Crippen LogP contribution in [0, 0.1) is 0 Å². The Bertz CT molecular complexity index is 157. The second-order valence-corrected chi connectivity index (χ2v) is 7.19. The SMILES string of the molecule is CO[Si](C)(CCCOC1CCO1)OC. The van der Waals surface area contributed by atoms with Gasteiger partial charge in [0, 0.05) is 27.2 Å². The van der Waals surface area contributed by atoms with E-state index in [1.165, 1.54) is 0 Å². The van der Waals surface area contributed by atoms with E-state index in [2.05, 4.69) is 6.55 Å². The summed E-state index contributed by atoms with van der Waals surface area (Å²) < 4.78 is 21.3. The first-order valence-electron chi connectivity index (χ1n) is 5.04. The molecular formula is C9H20O4Si. The van der Waals surface area contributed by atoms with E-state index in [4.69, 9.17) is 18.3 Å². The molecule has 1 fully saturated rings. The third-order valence-electron chi connectivity index (χ3n) is 2.60. The second-order valence-electron chi connectivity index (χ2n) is 3.61. The largest absolute Gasteiger partial charge is 0.398 e. The van der Waals surface area contributed by atoms with E-state index < -0.39 is 8.56 Å². The van der Waals surface area contributed by atoms with Gasteiger partial charge >= 0.3 is 8.56 Å². The smallest absolute Gasteiger partial charge is 0.334 e. The number of rotatable bonds is 7. The zero-order chi connectivity index (χ0) is 10.4. The van der Waals surface area contributed by atoms with Crippen molar-refractivity contribution in [2.24, 2.45) is 0 Å². The molecule has 0 N–H and O–H groups in total. The van der Waals surface area contributed by atoms with Gasteiger partial charge in [-0.1, -0.05) is 0 Å². The molecule has 84 valence electrons. The van der Waals surface area contributed by atoms with E-state index in [1.54, 1.807) is 14.2 Å². The molecule has 0 aromatic carbocycles. The molecule has 5 heteroatoms. The number of hydrogen-bond acceptors (Lipinski definition) is 4. The van der Waals surface area contributed by atoms with Crippen LogP contribution in [0.15, 0.2) is 0 Å². The lowest BCUT2D eigenvalue weighted by Gasteiger charge is -2.27. The molecule has 1 rings (SSSR count). The molecule has 0 aromatic rings. The Morgan fingerprint density at radius 2 is 2.00 bits per heavy atom. The fourth-order valence-electron chi connectivity index (χ4n) is 1.24. The van der Waals surface area contributed by atoms with Crippen LogP contribution in [0.25, 0.3) is 0 Å². The summed E-state index contributed by atoms with van der Waals surface area (Å²) in [4.78, 5) is 0. The van der Waals surface area contributed by atoms with Gasteiger partial charge in [-0.3, -0.25) is 0 Å². The quantitative estimate of drug-likeness (QED) is 0.481. The monoisotopic (exact) mass is 220 g/mol. The summed E-state index contributed by atoms with van der Waals surface area (Å²) in [5.74, 6) is 0. The number of hydrogen-bond donors (Lipinski definition) is 0. The molecule has 0 saturated carbocycles. The zero-order valence-corrected chi connectivity index (χ0v) is 10.2. The molecule has 1 unspecified atom stereocenters. The van der Waals surface area contributed by atoms with Gasteiger partial charge in [-0.2, -0.15) is 0 Å². The molecule has 0 bridgehead atoms. The molecular weight excluding hydrogens is 200 g/mol. The Morgan fingerprint density at radius 3 is 2.43 bits per heavy atom. The lowest BCUT2D eigenvalue weighted by Crippen LogP contribution is -2.36. The molecule has 1 saturated heterocycles. The number of ether oxygens (including phenoxy) is 2. The second kappa shape index (κ2) is 5.82. The summed E-state index contributed by atoms with van der Waals surface area (Å²) >= 11 is 0. The molecule has 0 spiro atoms. The summed E-state index contributed by atoms with van der Waals surface area (Å²) in [6.45, 7) is 3.64. The normalized spacial score (nSPS) is 22.1. The van der Waals surface area contributed by atoms with E-state index in [0.717, 1.165) is 32.1 Å². The molecule has 1 aliphatic rings. The Labute approximate surface area is 86.7 Å². The van der Waals surface area contributed by atoms with Crippen LogP contribution >= 0.6 is 0 Å². The Kier molecular flexibility index (Phi) is 5.04. The predicted octanol–water partition coefficient (Wildman–Crippen LogP) is 1.50. The molecule has 0 amide bonds. The average Bonchev–Trinajstić information content (AvgIpc) is 2.14. The maximum absolute atomic E-state index is 5.45. The Morgan fingerprint density at radius 1 is 1.36 bits per heavy atom. The van der Waals surface area contributed by atoms with E-state index in [1.807, 2.05) is 0 Å². The topological polar surface area (TPSA) is 36.9 Å². The van der Waals surface area contributed by atoms with Crippen LogP contribution in [0.2, 0.25) is 12.6 Å². The first kappa shape index (κ1) is 12.1. The maximum Gasteiger partial charge on any atom is 0.334 e. The zero-order valence-electron chi connectivity index (χ0n) is 9.25. The molecule has 4 nitrogen and oxygen atoms in total. The van der Waals surface area contributed by atoms with E-state index in [-0.39, 0.29) is 6.29 Å². The van der Waals surface area contributed by atoms with Crippen LogP contribution in [-0.2, 0) is 18.3 Å². The van der Waals surface area contributed by atoms with Gasteiger partial charge in [-0.25, -0.2) is 0 Å². The highest BCUT2D eigenvalue weighted by Gasteiger charge is 2.28. The molecule has 14 heavy (non-hydrogen) atoms. The van der Waals surface area contributed by atoms with Crippen molar-refractivity contribution in [2.45, 2.75) is 31.7 Å². The first-order chi connectivity index (χ1) is 6.70. The fourth-order valence-corrected chi connectivity index (χ4v) is 2.60. The van der Waals surface area contributed by atoms with Gasteiger partial charge < -0.3 is 18.3 Å². The van der Waals surface area contributed by atoms with Crippen molar-refractivity contribution >= 4 is 8.56 Å². The summed E-state index contributed by atoms with van der Waals surface area (Å²) in [5.41, 5.74) is 0. The molecule has 1 atom stereocenters.